The molecule has 3 aromatic rings. The van der Waals surface area contributed by atoms with Crippen LogP contribution < -0.4 is 4.74 Å². The highest BCUT2D eigenvalue weighted by Crippen LogP contribution is 2.41. The fourth-order valence-electron chi connectivity index (χ4n) is 5.97. The summed E-state index contributed by atoms with van der Waals surface area (Å²) in [7, 11) is 1.65. The molecule has 0 spiro atoms. The van der Waals surface area contributed by atoms with Crippen molar-refractivity contribution in [3.8, 4) is 5.75 Å². The third kappa shape index (κ3) is 7.29. The van der Waals surface area contributed by atoms with Crippen LogP contribution in [0.15, 0.2) is 72.8 Å². The van der Waals surface area contributed by atoms with Gasteiger partial charge in [0.05, 0.1) is 23.6 Å². The van der Waals surface area contributed by atoms with Crippen LogP contribution in [-0.4, -0.2) is 55.5 Å². The van der Waals surface area contributed by atoms with Gasteiger partial charge in [0, 0.05) is 18.5 Å². The Morgan fingerprint density at radius 3 is 2.33 bits per heavy atom. The van der Waals surface area contributed by atoms with E-state index in [0.29, 0.717) is 29.6 Å². The van der Waals surface area contributed by atoms with Crippen molar-refractivity contribution in [3.05, 3.63) is 99.5 Å². The van der Waals surface area contributed by atoms with E-state index in [4.69, 9.17) is 27.9 Å². The molecular weight excluding hydrogens is 551 g/mol. The average molecular weight is 588 g/mol. The lowest BCUT2D eigenvalue weighted by atomic mass is 9.70. The van der Waals surface area contributed by atoms with Crippen LogP contribution >= 0.6 is 35.6 Å². The number of carbonyl (C=O) groups is 1. The van der Waals surface area contributed by atoms with Gasteiger partial charge in [-0.2, -0.15) is 0 Å². The monoisotopic (exact) mass is 586 g/mol. The van der Waals surface area contributed by atoms with Crippen molar-refractivity contribution in [2.24, 2.45) is 5.92 Å². The summed E-state index contributed by atoms with van der Waals surface area (Å²) in [6.45, 7) is 4.70. The Balaban J connectivity index is 0.00000353. The maximum atomic E-state index is 13.2. The highest BCUT2D eigenvalue weighted by atomic mass is 35.5. The molecule has 4 nitrogen and oxygen atoms in total. The van der Waals surface area contributed by atoms with E-state index in [1.54, 1.807) is 7.11 Å². The minimum atomic E-state index is -0.0981. The van der Waals surface area contributed by atoms with E-state index in [1.807, 2.05) is 41.3 Å². The summed E-state index contributed by atoms with van der Waals surface area (Å²) in [5.74, 6) is 1.68. The molecule has 0 radical (unpaired) electrons. The molecule has 0 N–H and O–H groups in total. The van der Waals surface area contributed by atoms with E-state index < -0.39 is 0 Å². The largest absolute Gasteiger partial charge is 0.497 e. The summed E-state index contributed by atoms with van der Waals surface area (Å²) >= 11 is 12.7. The number of amides is 1. The fraction of sp³-hybridized carbons (Fsp3) is 0.406. The average Bonchev–Trinajstić information content (AvgIpc) is 2.91. The zero-order valence-corrected chi connectivity index (χ0v) is 24.8. The number of ether oxygens (including phenoxy) is 1. The van der Waals surface area contributed by atoms with Gasteiger partial charge in [0.25, 0.3) is 0 Å². The van der Waals surface area contributed by atoms with Crippen molar-refractivity contribution < 1.29 is 9.53 Å². The second-order valence-electron chi connectivity index (χ2n) is 10.9. The fourth-order valence-corrected chi connectivity index (χ4v) is 6.27. The summed E-state index contributed by atoms with van der Waals surface area (Å²) in [5, 5.41) is 1.14. The molecule has 0 bridgehead atoms. The lowest BCUT2D eigenvalue weighted by molar-refractivity contribution is -0.138. The van der Waals surface area contributed by atoms with E-state index in [9.17, 15) is 4.79 Å². The van der Waals surface area contributed by atoms with Gasteiger partial charge in [0.1, 0.15) is 5.75 Å². The van der Waals surface area contributed by atoms with Crippen LogP contribution in [0.2, 0.25) is 10.0 Å². The maximum Gasteiger partial charge on any atom is 0.227 e. The van der Waals surface area contributed by atoms with Gasteiger partial charge in [0.15, 0.2) is 0 Å². The predicted molar refractivity (Wildman–Crippen MR) is 163 cm³/mol. The van der Waals surface area contributed by atoms with Gasteiger partial charge in [0.2, 0.25) is 5.91 Å². The molecule has 0 unspecified atom stereocenters. The number of likely N-dealkylation sites (tertiary alicyclic amines) is 2. The Hall–Kier alpha value is -2.24. The zero-order chi connectivity index (χ0) is 26.5. The molecule has 2 heterocycles. The van der Waals surface area contributed by atoms with Gasteiger partial charge in [-0.25, -0.2) is 0 Å². The second-order valence-corrected chi connectivity index (χ2v) is 11.7. The molecule has 0 atom stereocenters. The molecule has 2 aliphatic heterocycles. The first kappa shape index (κ1) is 29.7. The number of carbonyl (C=O) groups excluding carboxylic acids is 1. The molecule has 7 heteroatoms. The summed E-state index contributed by atoms with van der Waals surface area (Å²) in [6, 6.07) is 24.6. The topological polar surface area (TPSA) is 32.8 Å². The van der Waals surface area contributed by atoms with Crippen molar-refractivity contribution in [1.29, 1.82) is 0 Å². The number of nitrogens with zero attached hydrogens (tertiary/aromatic N) is 2. The standard InChI is InChI=1S/C32H36Cl2N2O2.ClH/c1-38-28-9-5-8-26(19-28)20-31(37)36-22-32(23-36,27-10-11-29(33)30(34)21-27)14-17-35-15-12-25(13-16-35)18-24-6-3-2-4-7-24;/h2-11,19,21,25H,12-18,20,22-23H2,1H3;1H. The number of benzene rings is 3. The van der Waals surface area contributed by atoms with Gasteiger partial charge in [-0.05, 0) is 92.2 Å². The summed E-state index contributed by atoms with van der Waals surface area (Å²) in [4.78, 5) is 17.7. The van der Waals surface area contributed by atoms with Crippen LogP contribution in [0.4, 0.5) is 0 Å². The number of rotatable bonds is 9. The van der Waals surface area contributed by atoms with Gasteiger partial charge < -0.3 is 14.5 Å². The number of hydrogen-bond donors (Lipinski definition) is 0. The van der Waals surface area contributed by atoms with Crippen LogP contribution in [0.1, 0.15) is 36.0 Å². The van der Waals surface area contributed by atoms with Gasteiger partial charge in [-0.3, -0.25) is 4.79 Å². The van der Waals surface area contributed by atoms with E-state index in [-0.39, 0.29) is 23.7 Å². The van der Waals surface area contributed by atoms with Gasteiger partial charge in [-0.1, -0.05) is 71.7 Å². The van der Waals surface area contributed by atoms with Gasteiger partial charge >= 0.3 is 0 Å². The Morgan fingerprint density at radius 1 is 0.923 bits per heavy atom. The Morgan fingerprint density at radius 2 is 1.64 bits per heavy atom. The SMILES string of the molecule is COc1cccc(CC(=O)N2CC(CCN3CCC(Cc4ccccc4)CC3)(c3ccc(Cl)c(Cl)c3)C2)c1.Cl. The lowest BCUT2D eigenvalue weighted by Gasteiger charge is -2.52. The maximum absolute atomic E-state index is 13.2. The molecule has 5 rings (SSSR count). The van der Waals surface area contributed by atoms with Crippen LogP contribution in [0.5, 0.6) is 5.75 Å². The molecule has 3 aromatic carbocycles. The summed E-state index contributed by atoms with van der Waals surface area (Å²) in [5.41, 5.74) is 3.49. The smallest absolute Gasteiger partial charge is 0.227 e. The molecule has 39 heavy (non-hydrogen) atoms. The van der Waals surface area contributed by atoms with Crippen LogP contribution in [0.3, 0.4) is 0 Å². The van der Waals surface area contributed by atoms with Crippen molar-refractivity contribution in [1.82, 2.24) is 9.80 Å². The Labute approximate surface area is 248 Å². The highest BCUT2D eigenvalue weighted by molar-refractivity contribution is 6.42. The number of piperidine rings is 1. The summed E-state index contributed by atoms with van der Waals surface area (Å²) in [6.07, 6.45) is 5.02. The molecule has 208 valence electrons. The molecule has 2 fully saturated rings. The number of hydrogen-bond acceptors (Lipinski definition) is 3. The number of halogens is 3. The van der Waals surface area contributed by atoms with Crippen LogP contribution in [0, 0.1) is 5.92 Å². The first-order chi connectivity index (χ1) is 18.4. The molecule has 0 aliphatic carbocycles. The highest BCUT2D eigenvalue weighted by Gasteiger charge is 2.46. The Bertz CT molecular complexity index is 1240. The van der Waals surface area contributed by atoms with E-state index in [0.717, 1.165) is 43.3 Å². The summed E-state index contributed by atoms with van der Waals surface area (Å²) < 4.78 is 5.32. The van der Waals surface area contributed by atoms with Crippen molar-refractivity contribution in [2.75, 3.05) is 39.8 Å². The van der Waals surface area contributed by atoms with Gasteiger partial charge in [-0.15, -0.1) is 12.4 Å². The molecular formula is C32H37Cl3N2O2. The minimum absolute atomic E-state index is 0. The molecule has 2 aliphatic rings. The van der Waals surface area contributed by atoms with Crippen molar-refractivity contribution >= 4 is 41.5 Å². The van der Waals surface area contributed by atoms with Crippen molar-refractivity contribution in [3.63, 3.8) is 0 Å². The van der Waals surface area contributed by atoms with Crippen molar-refractivity contribution in [2.45, 2.75) is 37.5 Å². The predicted octanol–water partition coefficient (Wildman–Crippen LogP) is 7.09. The second kappa shape index (κ2) is 13.4. The lowest BCUT2D eigenvalue weighted by Crippen LogP contribution is -2.62. The van der Waals surface area contributed by atoms with E-state index in [1.165, 1.54) is 30.4 Å². The van der Waals surface area contributed by atoms with E-state index in [2.05, 4.69) is 41.3 Å². The minimum Gasteiger partial charge on any atom is -0.497 e. The quantitative estimate of drug-likeness (QED) is 0.268. The molecule has 0 aromatic heterocycles. The molecule has 0 saturated carbocycles. The molecule has 1 amide bonds. The Kier molecular flexibility index (Phi) is 10.2. The van der Waals surface area contributed by atoms with Crippen LogP contribution in [-0.2, 0) is 23.1 Å². The third-order valence-corrected chi connectivity index (χ3v) is 9.08. The third-order valence-electron chi connectivity index (χ3n) is 8.34. The first-order valence-corrected chi connectivity index (χ1v) is 14.3. The van der Waals surface area contributed by atoms with Crippen LogP contribution in [0.25, 0.3) is 0 Å². The molecule has 2 saturated heterocycles. The zero-order valence-electron chi connectivity index (χ0n) is 22.5. The van der Waals surface area contributed by atoms with E-state index >= 15 is 0 Å². The number of methoxy groups -OCH3 is 1. The normalized spacial score (nSPS) is 17.3. The first-order valence-electron chi connectivity index (χ1n) is 13.6.